The molecule has 2 amide bonds. The van der Waals surface area contributed by atoms with E-state index in [2.05, 4.69) is 10.6 Å². The average molecular weight is 390 g/mol. The van der Waals surface area contributed by atoms with E-state index >= 15 is 0 Å². The third kappa shape index (κ3) is 5.67. The summed E-state index contributed by atoms with van der Waals surface area (Å²) in [5, 5.41) is 23.5. The van der Waals surface area contributed by atoms with Crippen LogP contribution in [-0.4, -0.2) is 22.2 Å². The predicted octanol–water partition coefficient (Wildman–Crippen LogP) is 4.51. The summed E-state index contributed by atoms with van der Waals surface area (Å²) in [7, 11) is 0. The van der Waals surface area contributed by atoms with Gasteiger partial charge >= 0.3 is 6.09 Å². The van der Waals surface area contributed by atoms with E-state index in [1.165, 1.54) is 0 Å². The number of carboxylic acid groups (broad SMARTS) is 1. The summed E-state index contributed by atoms with van der Waals surface area (Å²) in [5.41, 5.74) is 4.48. The smallest absolute Gasteiger partial charge is 0.409 e. The van der Waals surface area contributed by atoms with E-state index in [0.29, 0.717) is 17.8 Å². The first-order chi connectivity index (χ1) is 14.0. The molecule has 0 aromatic heterocycles. The fourth-order valence-electron chi connectivity index (χ4n) is 3.01. The largest absolute Gasteiger partial charge is 0.465 e. The van der Waals surface area contributed by atoms with Gasteiger partial charge in [-0.15, -0.1) is 0 Å². The Labute approximate surface area is 168 Å². The maximum absolute atomic E-state index is 12.2. The number of hydrogen-bond donors (Lipinski definition) is 4. The SMILES string of the molecule is O=C(O)Nc1cc(CCC(=O)Nc2ccc(CO)cc2)ccc1-c1ccccc1. The Balaban J connectivity index is 1.68. The second kappa shape index (κ2) is 9.52. The minimum atomic E-state index is -1.14. The van der Waals surface area contributed by atoms with Gasteiger partial charge in [-0.2, -0.15) is 0 Å². The summed E-state index contributed by atoms with van der Waals surface area (Å²) < 4.78 is 0. The van der Waals surface area contributed by atoms with E-state index in [4.69, 9.17) is 10.2 Å². The van der Waals surface area contributed by atoms with E-state index in [-0.39, 0.29) is 18.9 Å². The zero-order chi connectivity index (χ0) is 20.6. The van der Waals surface area contributed by atoms with E-state index < -0.39 is 6.09 Å². The monoisotopic (exact) mass is 390 g/mol. The Morgan fingerprint density at radius 3 is 2.17 bits per heavy atom. The maximum atomic E-state index is 12.2. The minimum absolute atomic E-state index is 0.0418. The molecule has 29 heavy (non-hydrogen) atoms. The first kappa shape index (κ1) is 20.1. The molecule has 0 saturated heterocycles. The molecule has 4 N–H and O–H groups in total. The van der Waals surface area contributed by atoms with Crippen LogP contribution in [0.5, 0.6) is 0 Å². The van der Waals surface area contributed by atoms with Gasteiger partial charge in [0.05, 0.1) is 12.3 Å². The number of aliphatic hydroxyl groups is 1. The quantitative estimate of drug-likeness (QED) is 0.477. The third-order valence-electron chi connectivity index (χ3n) is 4.47. The highest BCUT2D eigenvalue weighted by Gasteiger charge is 2.10. The number of aryl methyl sites for hydroxylation is 1. The summed E-state index contributed by atoms with van der Waals surface area (Å²) in [6.07, 6.45) is -0.397. The predicted molar refractivity (Wildman–Crippen MR) is 113 cm³/mol. The second-order valence-corrected chi connectivity index (χ2v) is 6.58. The van der Waals surface area contributed by atoms with Crippen LogP contribution in [-0.2, 0) is 17.8 Å². The number of benzene rings is 3. The number of amides is 2. The summed E-state index contributed by atoms with van der Waals surface area (Å²) >= 11 is 0. The van der Waals surface area contributed by atoms with E-state index in [1.807, 2.05) is 42.5 Å². The lowest BCUT2D eigenvalue weighted by Gasteiger charge is -2.12. The van der Waals surface area contributed by atoms with Crippen molar-refractivity contribution in [2.45, 2.75) is 19.4 Å². The van der Waals surface area contributed by atoms with E-state index in [9.17, 15) is 9.59 Å². The summed E-state index contributed by atoms with van der Waals surface area (Å²) in [5.74, 6) is -0.137. The molecule has 3 aromatic carbocycles. The Bertz CT molecular complexity index is 986. The molecule has 0 spiro atoms. The lowest BCUT2D eigenvalue weighted by molar-refractivity contribution is -0.116. The van der Waals surface area contributed by atoms with Gasteiger partial charge in [0, 0.05) is 17.7 Å². The van der Waals surface area contributed by atoms with Crippen molar-refractivity contribution in [1.29, 1.82) is 0 Å². The Hall–Kier alpha value is -3.64. The van der Waals surface area contributed by atoms with Gasteiger partial charge in [0.1, 0.15) is 0 Å². The summed E-state index contributed by atoms with van der Waals surface area (Å²) in [6, 6.07) is 22.0. The lowest BCUT2D eigenvalue weighted by Crippen LogP contribution is -2.13. The molecule has 0 aliphatic heterocycles. The van der Waals surface area contributed by atoms with Crippen LogP contribution in [0.4, 0.5) is 16.2 Å². The van der Waals surface area contributed by atoms with Gasteiger partial charge < -0.3 is 15.5 Å². The van der Waals surface area contributed by atoms with Crippen LogP contribution in [0.25, 0.3) is 11.1 Å². The zero-order valence-corrected chi connectivity index (χ0v) is 15.8. The summed E-state index contributed by atoms with van der Waals surface area (Å²) in [4.78, 5) is 23.4. The first-order valence-corrected chi connectivity index (χ1v) is 9.23. The molecule has 6 heteroatoms. The molecule has 0 atom stereocenters. The number of carbonyl (C=O) groups is 2. The van der Waals surface area contributed by atoms with Crippen LogP contribution in [0.1, 0.15) is 17.5 Å². The minimum Gasteiger partial charge on any atom is -0.465 e. The molecule has 148 valence electrons. The van der Waals surface area contributed by atoms with E-state index in [1.54, 1.807) is 30.3 Å². The van der Waals surface area contributed by atoms with Crippen molar-refractivity contribution in [1.82, 2.24) is 0 Å². The second-order valence-electron chi connectivity index (χ2n) is 6.58. The zero-order valence-electron chi connectivity index (χ0n) is 15.8. The average Bonchev–Trinajstić information content (AvgIpc) is 2.73. The normalized spacial score (nSPS) is 10.4. The molecule has 0 bridgehead atoms. The van der Waals surface area contributed by atoms with Crippen LogP contribution in [0, 0.1) is 0 Å². The molecule has 3 rings (SSSR count). The molecule has 0 aliphatic rings. The highest BCUT2D eigenvalue weighted by atomic mass is 16.4. The van der Waals surface area contributed by atoms with Crippen LogP contribution in [0.15, 0.2) is 72.8 Å². The maximum Gasteiger partial charge on any atom is 0.409 e. The standard InChI is InChI=1S/C23H22N2O4/c26-15-17-6-10-19(11-7-17)24-22(27)13-9-16-8-12-20(18-4-2-1-3-5-18)21(14-16)25-23(28)29/h1-8,10-12,14,25-26H,9,13,15H2,(H,24,27)(H,28,29). The van der Waals surface area contributed by atoms with Crippen LogP contribution >= 0.6 is 0 Å². The topological polar surface area (TPSA) is 98.7 Å². The first-order valence-electron chi connectivity index (χ1n) is 9.23. The molecule has 0 fully saturated rings. The number of hydrogen-bond acceptors (Lipinski definition) is 3. The highest BCUT2D eigenvalue weighted by Crippen LogP contribution is 2.29. The number of anilines is 2. The van der Waals surface area contributed by atoms with Crippen LogP contribution < -0.4 is 10.6 Å². The molecule has 0 unspecified atom stereocenters. The van der Waals surface area contributed by atoms with Gasteiger partial charge in [0.15, 0.2) is 0 Å². The van der Waals surface area contributed by atoms with Crippen molar-refractivity contribution < 1.29 is 19.8 Å². The number of aliphatic hydroxyl groups excluding tert-OH is 1. The van der Waals surface area contributed by atoms with Gasteiger partial charge in [-0.05, 0) is 41.3 Å². The van der Waals surface area contributed by atoms with Crippen molar-refractivity contribution in [3.63, 3.8) is 0 Å². The number of carbonyl (C=O) groups excluding carboxylic acids is 1. The van der Waals surface area contributed by atoms with Crippen molar-refractivity contribution in [2.24, 2.45) is 0 Å². The van der Waals surface area contributed by atoms with Gasteiger partial charge in [-0.3, -0.25) is 10.1 Å². The molecule has 3 aromatic rings. The Kier molecular flexibility index (Phi) is 6.60. The number of rotatable bonds is 7. The van der Waals surface area contributed by atoms with Crippen molar-refractivity contribution in [3.05, 3.63) is 83.9 Å². The Morgan fingerprint density at radius 1 is 0.828 bits per heavy atom. The highest BCUT2D eigenvalue weighted by molar-refractivity contribution is 5.92. The van der Waals surface area contributed by atoms with Gasteiger partial charge in [0.2, 0.25) is 5.91 Å². The summed E-state index contributed by atoms with van der Waals surface area (Å²) in [6.45, 7) is -0.0418. The molecule has 0 heterocycles. The molecular weight excluding hydrogens is 368 g/mol. The van der Waals surface area contributed by atoms with Gasteiger partial charge in [0.25, 0.3) is 0 Å². The van der Waals surface area contributed by atoms with Crippen molar-refractivity contribution >= 4 is 23.4 Å². The fourth-order valence-corrected chi connectivity index (χ4v) is 3.01. The molecule has 0 radical (unpaired) electrons. The van der Waals surface area contributed by atoms with Crippen LogP contribution in [0.2, 0.25) is 0 Å². The van der Waals surface area contributed by atoms with Crippen molar-refractivity contribution in [3.8, 4) is 11.1 Å². The van der Waals surface area contributed by atoms with Crippen LogP contribution in [0.3, 0.4) is 0 Å². The molecule has 0 aliphatic carbocycles. The van der Waals surface area contributed by atoms with Gasteiger partial charge in [-0.1, -0.05) is 54.6 Å². The Morgan fingerprint density at radius 2 is 1.52 bits per heavy atom. The fraction of sp³-hybridized carbons (Fsp3) is 0.130. The van der Waals surface area contributed by atoms with E-state index in [0.717, 1.165) is 22.3 Å². The molecule has 0 saturated carbocycles. The third-order valence-corrected chi connectivity index (χ3v) is 4.47. The molecular formula is C23H22N2O4. The molecule has 6 nitrogen and oxygen atoms in total. The van der Waals surface area contributed by atoms with Crippen molar-refractivity contribution in [2.75, 3.05) is 10.6 Å². The van der Waals surface area contributed by atoms with Gasteiger partial charge in [-0.25, -0.2) is 4.79 Å². The number of nitrogens with one attached hydrogen (secondary N) is 2. The lowest BCUT2D eigenvalue weighted by atomic mass is 9.99.